The molecule has 1 aromatic carbocycles. The highest BCUT2D eigenvalue weighted by Gasteiger charge is 2.43. The summed E-state index contributed by atoms with van der Waals surface area (Å²) in [6.45, 7) is 2.44. The fraction of sp³-hybridized carbons (Fsp3) is 0.550. The highest BCUT2D eigenvalue weighted by molar-refractivity contribution is 7.70. The van der Waals surface area contributed by atoms with Gasteiger partial charge in [-0.1, -0.05) is 0 Å². The maximum Gasteiger partial charge on any atom is 0.414 e. The van der Waals surface area contributed by atoms with Crippen molar-refractivity contribution in [1.29, 1.82) is 0 Å². The van der Waals surface area contributed by atoms with Crippen LogP contribution in [0.25, 0.3) is 0 Å². The van der Waals surface area contributed by atoms with Gasteiger partial charge in [-0.2, -0.15) is 0 Å². The Bertz CT molecular complexity index is 1110. The van der Waals surface area contributed by atoms with E-state index in [1.54, 1.807) is 11.0 Å². The van der Waals surface area contributed by atoms with Crippen LogP contribution in [-0.4, -0.2) is 93.2 Å². The van der Waals surface area contributed by atoms with Crippen LogP contribution in [0.2, 0.25) is 0 Å². The molecule has 3 amide bonds. The second-order valence-electron chi connectivity index (χ2n) is 8.75. The number of cyclic esters (lactones) is 1. The van der Waals surface area contributed by atoms with Crippen molar-refractivity contribution in [2.24, 2.45) is 0 Å². The molecule has 0 unspecified atom stereocenters. The number of piperazine rings is 1. The van der Waals surface area contributed by atoms with Crippen molar-refractivity contribution in [3.8, 4) is 0 Å². The molecule has 0 radical (unpaired) electrons. The molecular formula is C20H29FN4O10P2. The molecule has 0 saturated carbocycles. The average molecular weight is 566 g/mol. The SMILES string of the molecule is CC(=O)NC[C@H]1CN(c2ccc(N3CCN(C(=O)CCC(P(=O)(O)O)P(=O)(O)O)CC3)c(F)c2)C(=O)O1. The van der Waals surface area contributed by atoms with Gasteiger partial charge in [-0.15, -0.1) is 0 Å². The van der Waals surface area contributed by atoms with Crippen LogP contribution in [0.15, 0.2) is 18.2 Å². The number of carbonyl (C=O) groups is 3. The van der Waals surface area contributed by atoms with Crippen molar-refractivity contribution in [2.45, 2.75) is 31.3 Å². The van der Waals surface area contributed by atoms with E-state index in [1.807, 2.05) is 0 Å². The minimum Gasteiger partial charge on any atom is -0.442 e. The Hall–Kier alpha value is -2.54. The molecule has 1 atom stereocenters. The van der Waals surface area contributed by atoms with Crippen LogP contribution < -0.4 is 15.1 Å². The van der Waals surface area contributed by atoms with Crippen molar-refractivity contribution in [1.82, 2.24) is 10.2 Å². The van der Waals surface area contributed by atoms with E-state index in [0.717, 1.165) is 0 Å². The van der Waals surface area contributed by atoms with Crippen LogP contribution in [-0.2, 0) is 23.5 Å². The van der Waals surface area contributed by atoms with Gasteiger partial charge in [0.25, 0.3) is 0 Å². The fourth-order valence-corrected chi connectivity index (χ4v) is 6.65. The summed E-state index contributed by atoms with van der Waals surface area (Å²) in [7, 11) is -10.2. The quantitative estimate of drug-likeness (QED) is 0.259. The Morgan fingerprint density at radius 1 is 1.14 bits per heavy atom. The lowest BCUT2D eigenvalue weighted by Crippen LogP contribution is -2.49. The summed E-state index contributed by atoms with van der Waals surface area (Å²) in [4.78, 5) is 76.8. The molecule has 2 aliphatic rings. The van der Waals surface area contributed by atoms with Crippen LogP contribution in [0.4, 0.5) is 20.6 Å². The van der Waals surface area contributed by atoms with E-state index < -0.39 is 57.4 Å². The zero-order valence-corrected chi connectivity index (χ0v) is 21.7. The van der Waals surface area contributed by atoms with Crippen LogP contribution in [0.5, 0.6) is 0 Å². The van der Waals surface area contributed by atoms with Crippen molar-refractivity contribution >= 4 is 44.5 Å². The number of nitrogens with one attached hydrogen (secondary N) is 1. The zero-order valence-electron chi connectivity index (χ0n) is 19.9. The number of nitrogens with zero attached hydrogens (tertiary/aromatic N) is 3. The molecule has 3 rings (SSSR count). The highest BCUT2D eigenvalue weighted by atomic mass is 31.2. The Labute approximate surface area is 211 Å². The smallest absolute Gasteiger partial charge is 0.414 e. The van der Waals surface area contributed by atoms with Crippen molar-refractivity contribution in [3.05, 3.63) is 24.0 Å². The molecule has 0 bridgehead atoms. The summed E-state index contributed by atoms with van der Waals surface area (Å²) in [5.74, 6) is -1.39. The monoisotopic (exact) mass is 566 g/mol. The summed E-state index contributed by atoms with van der Waals surface area (Å²) in [5.41, 5.74) is 0.538. The Balaban J connectivity index is 1.56. The molecule has 2 saturated heterocycles. The van der Waals surface area contributed by atoms with Gasteiger partial charge in [0.05, 0.1) is 24.5 Å². The van der Waals surface area contributed by atoms with Gasteiger partial charge in [-0.05, 0) is 24.6 Å². The summed E-state index contributed by atoms with van der Waals surface area (Å²) >= 11 is 0. The summed E-state index contributed by atoms with van der Waals surface area (Å²) < 4.78 is 42.9. The van der Waals surface area contributed by atoms with Gasteiger partial charge in [-0.3, -0.25) is 23.6 Å². The predicted molar refractivity (Wildman–Crippen MR) is 129 cm³/mol. The van der Waals surface area contributed by atoms with Crippen LogP contribution in [0, 0.1) is 5.82 Å². The molecule has 14 nitrogen and oxygen atoms in total. The fourth-order valence-electron chi connectivity index (χ4n) is 4.16. The van der Waals surface area contributed by atoms with E-state index >= 15 is 0 Å². The molecule has 2 fully saturated rings. The van der Waals surface area contributed by atoms with Gasteiger partial charge in [-0.25, -0.2) is 9.18 Å². The van der Waals surface area contributed by atoms with Crippen LogP contribution in [0.1, 0.15) is 19.8 Å². The first kappa shape index (κ1) is 29.0. The highest BCUT2D eigenvalue weighted by Crippen LogP contribution is 2.61. The third kappa shape index (κ3) is 7.50. The van der Waals surface area contributed by atoms with Crippen LogP contribution >= 0.6 is 15.2 Å². The van der Waals surface area contributed by atoms with Gasteiger partial charge >= 0.3 is 21.3 Å². The number of hydrogen-bond donors (Lipinski definition) is 5. The second-order valence-corrected chi connectivity index (χ2v) is 12.8. The Morgan fingerprint density at radius 3 is 2.30 bits per heavy atom. The number of carbonyl (C=O) groups excluding carboxylic acids is 3. The maximum atomic E-state index is 14.9. The van der Waals surface area contributed by atoms with E-state index in [9.17, 15) is 47.5 Å². The van der Waals surface area contributed by atoms with Crippen LogP contribution in [0.3, 0.4) is 0 Å². The first-order valence-corrected chi connectivity index (χ1v) is 14.7. The van der Waals surface area contributed by atoms with Crippen molar-refractivity contribution < 1.29 is 52.2 Å². The van der Waals surface area contributed by atoms with Gasteiger partial charge in [0.2, 0.25) is 11.8 Å². The van der Waals surface area contributed by atoms with E-state index in [2.05, 4.69) is 5.32 Å². The van der Waals surface area contributed by atoms with Gasteiger partial charge in [0.1, 0.15) is 11.9 Å². The summed E-state index contributed by atoms with van der Waals surface area (Å²) in [6.07, 6.45) is -2.36. The summed E-state index contributed by atoms with van der Waals surface area (Å²) in [5, 5.41) is 0.316. The number of amides is 3. The van der Waals surface area contributed by atoms with Crippen molar-refractivity contribution in [2.75, 3.05) is 49.1 Å². The lowest BCUT2D eigenvalue weighted by Gasteiger charge is -2.36. The molecule has 0 aliphatic carbocycles. The Kier molecular flexibility index (Phi) is 8.99. The van der Waals surface area contributed by atoms with E-state index in [1.165, 1.54) is 28.9 Å². The molecule has 2 aliphatic heterocycles. The minimum atomic E-state index is -5.11. The lowest BCUT2D eigenvalue weighted by atomic mass is 10.2. The number of benzene rings is 1. The Morgan fingerprint density at radius 2 is 1.76 bits per heavy atom. The second kappa shape index (κ2) is 11.5. The number of halogens is 1. The largest absolute Gasteiger partial charge is 0.442 e. The number of anilines is 2. The van der Waals surface area contributed by atoms with E-state index in [-0.39, 0.29) is 56.6 Å². The third-order valence-electron chi connectivity index (χ3n) is 6.06. The molecule has 17 heteroatoms. The molecule has 37 heavy (non-hydrogen) atoms. The van der Waals surface area contributed by atoms with Gasteiger partial charge < -0.3 is 39.4 Å². The molecule has 206 valence electrons. The summed E-state index contributed by atoms with van der Waals surface area (Å²) in [6, 6.07) is 4.25. The first-order chi connectivity index (χ1) is 17.2. The van der Waals surface area contributed by atoms with Gasteiger partial charge in [0.15, 0.2) is 5.40 Å². The molecular weight excluding hydrogens is 537 g/mol. The molecule has 2 heterocycles. The maximum absolute atomic E-state index is 14.9. The zero-order chi connectivity index (χ0) is 27.5. The lowest BCUT2D eigenvalue weighted by molar-refractivity contribution is -0.131. The van der Waals surface area contributed by atoms with Gasteiger partial charge in [0, 0.05) is 39.5 Å². The molecule has 0 aromatic heterocycles. The van der Waals surface area contributed by atoms with Crippen molar-refractivity contribution in [3.63, 3.8) is 0 Å². The van der Waals surface area contributed by atoms with E-state index in [0.29, 0.717) is 0 Å². The standard InChI is InChI=1S/C20H29FN4O10P2/c1-13(26)22-11-15-12-25(20(28)35-15)14-2-3-17(16(21)10-14)23-6-8-24(9-7-23)18(27)4-5-19(36(29,30)31)37(32,33)34/h2-3,10,15,19H,4-9,11-12H2,1H3,(H,22,26)(H2,29,30,31)(H2,32,33,34)/t15-/m0/s1. The number of hydrogen-bond acceptors (Lipinski definition) is 7. The van der Waals surface area contributed by atoms with E-state index in [4.69, 9.17) is 4.74 Å². The normalized spacial score (nSPS) is 18.8. The number of ether oxygens (including phenoxy) is 1. The molecule has 0 spiro atoms. The molecule has 5 N–H and O–H groups in total. The predicted octanol–water partition coefficient (Wildman–Crippen LogP) is 0.397. The first-order valence-electron chi connectivity index (χ1n) is 11.3. The average Bonchev–Trinajstić information content (AvgIpc) is 3.16. The topological polar surface area (TPSA) is 197 Å². The minimum absolute atomic E-state index is 0.139. The number of rotatable bonds is 9. The molecule has 1 aromatic rings. The third-order valence-corrected chi connectivity index (χ3v) is 9.94.